The number of hydrogen-bond acceptors (Lipinski definition) is 9. The van der Waals surface area contributed by atoms with E-state index in [0.29, 0.717) is 22.3 Å². The fourth-order valence-electron chi connectivity index (χ4n) is 3.06. The van der Waals surface area contributed by atoms with Crippen LogP contribution in [0.5, 0.6) is 0 Å². The second kappa shape index (κ2) is 8.24. The standard InChI is InChI=1S/C17H20N6O2S2/c1-12-15(27-21-19-12)17(24)23-9-7-22(8-10-23)6-2-5-14-18-16(20-25-14)13-4-3-11-26-13/h3-4,11H,2,5-10H2,1H3. The van der Waals surface area contributed by atoms with E-state index in [1.165, 1.54) is 11.5 Å². The second-order valence-corrected chi connectivity index (χ2v) is 8.12. The van der Waals surface area contributed by atoms with Crippen LogP contribution in [0.4, 0.5) is 0 Å². The van der Waals surface area contributed by atoms with Gasteiger partial charge in [-0.15, -0.1) is 16.4 Å². The maximum atomic E-state index is 12.5. The Morgan fingerprint density at radius 1 is 1.30 bits per heavy atom. The minimum Gasteiger partial charge on any atom is -0.339 e. The molecule has 1 aliphatic heterocycles. The van der Waals surface area contributed by atoms with Gasteiger partial charge in [0.05, 0.1) is 10.6 Å². The molecule has 4 rings (SSSR count). The molecule has 0 spiro atoms. The van der Waals surface area contributed by atoms with E-state index >= 15 is 0 Å². The molecular formula is C17H20N6O2S2. The Bertz CT molecular complexity index is 883. The first-order valence-electron chi connectivity index (χ1n) is 8.88. The summed E-state index contributed by atoms with van der Waals surface area (Å²) >= 11 is 2.78. The van der Waals surface area contributed by atoms with Crippen LogP contribution in [0, 0.1) is 6.92 Å². The molecule has 0 atom stereocenters. The van der Waals surface area contributed by atoms with Crippen molar-refractivity contribution in [2.75, 3.05) is 32.7 Å². The van der Waals surface area contributed by atoms with Crippen molar-refractivity contribution in [3.05, 3.63) is 34.0 Å². The Balaban J connectivity index is 1.21. The number of thiophene rings is 1. The summed E-state index contributed by atoms with van der Waals surface area (Å²) in [6.07, 6.45) is 1.72. The number of hydrogen-bond donors (Lipinski definition) is 0. The molecule has 142 valence electrons. The van der Waals surface area contributed by atoms with Gasteiger partial charge in [-0.05, 0) is 42.9 Å². The highest BCUT2D eigenvalue weighted by molar-refractivity contribution is 7.13. The van der Waals surface area contributed by atoms with Crippen molar-refractivity contribution in [1.82, 2.24) is 29.5 Å². The zero-order valence-electron chi connectivity index (χ0n) is 15.0. The lowest BCUT2D eigenvalue weighted by atomic mass is 10.2. The van der Waals surface area contributed by atoms with E-state index in [-0.39, 0.29) is 5.91 Å². The summed E-state index contributed by atoms with van der Waals surface area (Å²) in [5.41, 5.74) is 0.717. The van der Waals surface area contributed by atoms with E-state index in [1.54, 1.807) is 11.3 Å². The van der Waals surface area contributed by atoms with Crippen molar-refractivity contribution in [3.63, 3.8) is 0 Å². The normalized spacial score (nSPS) is 15.4. The maximum Gasteiger partial charge on any atom is 0.267 e. The fourth-order valence-corrected chi connectivity index (χ4v) is 4.34. The largest absolute Gasteiger partial charge is 0.339 e. The number of amides is 1. The average Bonchev–Trinajstić information content (AvgIpc) is 3.43. The third-order valence-electron chi connectivity index (χ3n) is 4.58. The van der Waals surface area contributed by atoms with E-state index in [2.05, 4.69) is 24.6 Å². The molecule has 1 amide bonds. The molecule has 3 aromatic heterocycles. The first-order chi connectivity index (χ1) is 13.2. The van der Waals surface area contributed by atoms with Crippen LogP contribution in [-0.2, 0) is 6.42 Å². The molecule has 0 bridgehead atoms. The van der Waals surface area contributed by atoms with Crippen molar-refractivity contribution in [1.29, 1.82) is 0 Å². The first-order valence-corrected chi connectivity index (χ1v) is 10.5. The fraction of sp³-hybridized carbons (Fsp3) is 0.471. The number of rotatable bonds is 6. The second-order valence-electron chi connectivity index (χ2n) is 6.41. The van der Waals surface area contributed by atoms with Crippen molar-refractivity contribution in [3.8, 4) is 10.7 Å². The average molecular weight is 405 g/mol. The number of carbonyl (C=O) groups is 1. The van der Waals surface area contributed by atoms with E-state index in [9.17, 15) is 4.79 Å². The van der Waals surface area contributed by atoms with Crippen LogP contribution in [0.2, 0.25) is 0 Å². The summed E-state index contributed by atoms with van der Waals surface area (Å²) in [5.74, 6) is 1.40. The molecular weight excluding hydrogens is 384 g/mol. The summed E-state index contributed by atoms with van der Waals surface area (Å²) in [6.45, 7) is 6.01. The van der Waals surface area contributed by atoms with Gasteiger partial charge in [0.1, 0.15) is 4.88 Å². The van der Waals surface area contributed by atoms with Gasteiger partial charge in [-0.1, -0.05) is 15.7 Å². The van der Waals surface area contributed by atoms with E-state index < -0.39 is 0 Å². The van der Waals surface area contributed by atoms with Crippen molar-refractivity contribution in [2.45, 2.75) is 19.8 Å². The molecule has 1 saturated heterocycles. The van der Waals surface area contributed by atoms with Crippen molar-refractivity contribution < 1.29 is 9.32 Å². The van der Waals surface area contributed by atoms with Crippen LogP contribution >= 0.6 is 22.9 Å². The lowest BCUT2D eigenvalue weighted by Gasteiger charge is -2.34. The molecule has 0 saturated carbocycles. The van der Waals surface area contributed by atoms with Crippen LogP contribution in [0.3, 0.4) is 0 Å². The highest BCUT2D eigenvalue weighted by Gasteiger charge is 2.24. The minimum atomic E-state index is 0.0501. The smallest absolute Gasteiger partial charge is 0.267 e. The predicted octanol–water partition coefficient (Wildman–Crippen LogP) is 2.35. The van der Waals surface area contributed by atoms with E-state index in [4.69, 9.17) is 4.52 Å². The van der Waals surface area contributed by atoms with Crippen LogP contribution in [-0.4, -0.2) is 68.2 Å². The van der Waals surface area contributed by atoms with Gasteiger partial charge in [0.2, 0.25) is 11.7 Å². The molecule has 3 aromatic rings. The Labute approximate surface area is 165 Å². The summed E-state index contributed by atoms with van der Waals surface area (Å²) in [7, 11) is 0. The molecule has 0 aromatic carbocycles. The van der Waals surface area contributed by atoms with Crippen LogP contribution in [0.25, 0.3) is 10.7 Å². The molecule has 0 aliphatic carbocycles. The summed E-state index contributed by atoms with van der Waals surface area (Å²) in [6, 6.07) is 3.97. The molecule has 8 nitrogen and oxygen atoms in total. The van der Waals surface area contributed by atoms with Gasteiger partial charge in [0.15, 0.2) is 0 Å². The Morgan fingerprint density at radius 3 is 2.85 bits per heavy atom. The van der Waals surface area contributed by atoms with Gasteiger partial charge >= 0.3 is 0 Å². The number of aryl methyl sites for hydroxylation is 2. The van der Waals surface area contributed by atoms with Gasteiger partial charge < -0.3 is 9.42 Å². The van der Waals surface area contributed by atoms with E-state index in [1.807, 2.05) is 29.3 Å². The molecule has 10 heteroatoms. The Hall–Kier alpha value is -2.17. The van der Waals surface area contributed by atoms with Crippen molar-refractivity contribution >= 4 is 28.8 Å². The lowest BCUT2D eigenvalue weighted by molar-refractivity contribution is 0.0639. The summed E-state index contributed by atoms with van der Waals surface area (Å²) < 4.78 is 9.20. The molecule has 0 radical (unpaired) electrons. The highest BCUT2D eigenvalue weighted by Crippen LogP contribution is 2.21. The monoisotopic (exact) mass is 404 g/mol. The molecule has 1 fully saturated rings. The lowest BCUT2D eigenvalue weighted by Crippen LogP contribution is -2.48. The number of aromatic nitrogens is 4. The number of carbonyl (C=O) groups excluding carboxylic acids is 1. The SMILES string of the molecule is Cc1nnsc1C(=O)N1CCN(CCCc2nc(-c3cccs3)no2)CC1. The van der Waals surface area contributed by atoms with Crippen LogP contribution in [0.1, 0.15) is 27.7 Å². The van der Waals surface area contributed by atoms with Gasteiger partial charge in [-0.3, -0.25) is 9.69 Å². The zero-order valence-corrected chi connectivity index (χ0v) is 16.6. The van der Waals surface area contributed by atoms with Crippen LogP contribution in [0.15, 0.2) is 22.0 Å². The Morgan fingerprint density at radius 2 is 2.15 bits per heavy atom. The number of nitrogens with zero attached hydrogens (tertiary/aromatic N) is 6. The molecule has 0 N–H and O–H groups in total. The highest BCUT2D eigenvalue weighted by atomic mass is 32.1. The van der Waals surface area contributed by atoms with E-state index in [0.717, 1.165) is 50.4 Å². The predicted molar refractivity (Wildman–Crippen MR) is 103 cm³/mol. The van der Waals surface area contributed by atoms with Gasteiger partial charge in [-0.2, -0.15) is 4.98 Å². The molecule has 4 heterocycles. The van der Waals surface area contributed by atoms with Crippen molar-refractivity contribution in [2.24, 2.45) is 0 Å². The first kappa shape index (κ1) is 18.2. The minimum absolute atomic E-state index is 0.0501. The number of piperazine rings is 1. The maximum absolute atomic E-state index is 12.5. The topological polar surface area (TPSA) is 88.3 Å². The molecule has 1 aliphatic rings. The quantitative estimate of drug-likeness (QED) is 0.623. The molecule has 27 heavy (non-hydrogen) atoms. The summed E-state index contributed by atoms with van der Waals surface area (Å²) in [4.78, 5) is 22.9. The van der Waals surface area contributed by atoms with Gasteiger partial charge in [0, 0.05) is 32.6 Å². The third kappa shape index (κ3) is 4.23. The van der Waals surface area contributed by atoms with Gasteiger partial charge in [0.25, 0.3) is 5.91 Å². The molecule has 0 unspecified atom stereocenters. The van der Waals surface area contributed by atoms with Gasteiger partial charge in [-0.25, -0.2) is 0 Å². The van der Waals surface area contributed by atoms with Crippen LogP contribution < -0.4 is 0 Å². The summed E-state index contributed by atoms with van der Waals surface area (Å²) in [5, 5.41) is 9.97. The Kier molecular flexibility index (Phi) is 5.55. The third-order valence-corrected chi connectivity index (χ3v) is 6.26. The zero-order chi connectivity index (χ0) is 18.6.